The van der Waals surface area contributed by atoms with Crippen molar-refractivity contribution in [3.63, 3.8) is 0 Å². The van der Waals surface area contributed by atoms with Crippen molar-refractivity contribution in [2.45, 2.75) is 81.4 Å². The van der Waals surface area contributed by atoms with Crippen molar-refractivity contribution in [3.05, 3.63) is 0 Å². The molecule has 3 nitrogen and oxygen atoms in total. The van der Waals surface area contributed by atoms with Gasteiger partial charge in [0.2, 0.25) is 0 Å². The first-order chi connectivity index (χ1) is 9.80. The highest BCUT2D eigenvalue weighted by Crippen LogP contribution is 2.42. The van der Waals surface area contributed by atoms with E-state index in [0.717, 1.165) is 6.61 Å². The molecule has 0 bridgehead atoms. The third-order valence-corrected chi connectivity index (χ3v) is 6.50. The summed E-state index contributed by atoms with van der Waals surface area (Å²) in [4.78, 5) is 2.87. The van der Waals surface area contributed by atoms with Gasteiger partial charge in [-0.2, -0.15) is 0 Å². The molecule has 1 atom stereocenters. The Labute approximate surface area is 123 Å². The molecule has 20 heavy (non-hydrogen) atoms. The van der Waals surface area contributed by atoms with E-state index in [4.69, 9.17) is 4.74 Å². The fourth-order valence-corrected chi connectivity index (χ4v) is 5.26. The Kier molecular flexibility index (Phi) is 3.56. The number of nitrogens with one attached hydrogen (secondary N) is 1. The summed E-state index contributed by atoms with van der Waals surface area (Å²) < 4.78 is 5.95. The summed E-state index contributed by atoms with van der Waals surface area (Å²) in [6.07, 6.45) is 14.4. The second kappa shape index (κ2) is 5.26. The van der Waals surface area contributed by atoms with Gasteiger partial charge >= 0.3 is 0 Å². The van der Waals surface area contributed by atoms with E-state index in [1.54, 1.807) is 0 Å². The number of hydrogen-bond donors (Lipinski definition) is 1. The fraction of sp³-hybridized carbons (Fsp3) is 1.00. The lowest BCUT2D eigenvalue weighted by Gasteiger charge is -2.53. The summed E-state index contributed by atoms with van der Waals surface area (Å²) in [5.74, 6) is 0. The standard InChI is InChI=1S/C17H30N2O/c1-2-8-16(7-1)14-19(12-15-6-5-11-20-15)17(13-18-16)9-3-4-10-17/h15,18H,1-14H2. The molecule has 4 rings (SSSR count). The van der Waals surface area contributed by atoms with Crippen LogP contribution in [-0.4, -0.2) is 48.3 Å². The van der Waals surface area contributed by atoms with Gasteiger partial charge < -0.3 is 10.1 Å². The molecule has 2 aliphatic carbocycles. The number of ether oxygens (including phenoxy) is 1. The molecule has 1 N–H and O–H groups in total. The van der Waals surface area contributed by atoms with Gasteiger partial charge in [-0.3, -0.25) is 4.90 Å². The van der Waals surface area contributed by atoms with Crippen LogP contribution in [0.5, 0.6) is 0 Å². The molecule has 2 saturated heterocycles. The van der Waals surface area contributed by atoms with Gasteiger partial charge in [0.25, 0.3) is 0 Å². The molecule has 1 unspecified atom stereocenters. The average Bonchev–Trinajstić information content (AvgIpc) is 3.18. The molecule has 4 fully saturated rings. The van der Waals surface area contributed by atoms with Gasteiger partial charge in [-0.1, -0.05) is 25.7 Å². The minimum absolute atomic E-state index is 0.451. The van der Waals surface area contributed by atoms with Gasteiger partial charge in [-0.25, -0.2) is 0 Å². The Morgan fingerprint density at radius 1 is 1.00 bits per heavy atom. The lowest BCUT2D eigenvalue weighted by Crippen LogP contribution is -2.69. The van der Waals surface area contributed by atoms with Crippen LogP contribution < -0.4 is 5.32 Å². The Bertz CT molecular complexity index is 339. The molecule has 2 heterocycles. The SMILES string of the molecule is C1COC(CN2CC3(CCCC3)NCC23CCCC3)C1. The molecule has 0 radical (unpaired) electrons. The van der Waals surface area contributed by atoms with Crippen LogP contribution in [0.2, 0.25) is 0 Å². The summed E-state index contributed by atoms with van der Waals surface area (Å²) in [6, 6.07) is 0. The zero-order valence-corrected chi connectivity index (χ0v) is 12.8. The van der Waals surface area contributed by atoms with Crippen LogP contribution in [0.1, 0.15) is 64.2 Å². The van der Waals surface area contributed by atoms with Crippen molar-refractivity contribution in [1.82, 2.24) is 10.2 Å². The van der Waals surface area contributed by atoms with Crippen LogP contribution in [0, 0.1) is 0 Å². The van der Waals surface area contributed by atoms with Crippen LogP contribution in [0.25, 0.3) is 0 Å². The maximum absolute atomic E-state index is 5.95. The third-order valence-electron chi connectivity index (χ3n) is 6.50. The van der Waals surface area contributed by atoms with Crippen LogP contribution in [0.4, 0.5) is 0 Å². The van der Waals surface area contributed by atoms with Crippen molar-refractivity contribution in [1.29, 1.82) is 0 Å². The zero-order valence-electron chi connectivity index (χ0n) is 12.8. The van der Waals surface area contributed by atoms with Crippen molar-refractivity contribution in [2.75, 3.05) is 26.2 Å². The average molecular weight is 278 g/mol. The monoisotopic (exact) mass is 278 g/mol. The first-order valence-electron chi connectivity index (χ1n) is 8.92. The summed E-state index contributed by atoms with van der Waals surface area (Å²) in [6.45, 7) is 4.71. The number of nitrogens with zero attached hydrogens (tertiary/aromatic N) is 1. The molecule has 0 aromatic carbocycles. The van der Waals surface area contributed by atoms with Gasteiger partial charge in [0, 0.05) is 37.3 Å². The maximum atomic E-state index is 5.95. The number of hydrogen-bond acceptors (Lipinski definition) is 3. The topological polar surface area (TPSA) is 24.5 Å². The van der Waals surface area contributed by atoms with E-state index < -0.39 is 0 Å². The summed E-state index contributed by atoms with van der Waals surface area (Å²) >= 11 is 0. The molecule has 0 aromatic heterocycles. The predicted molar refractivity (Wildman–Crippen MR) is 80.9 cm³/mol. The van der Waals surface area contributed by atoms with E-state index in [9.17, 15) is 0 Å². The molecule has 4 aliphatic rings. The Balaban J connectivity index is 1.51. The van der Waals surface area contributed by atoms with Gasteiger partial charge in [0.1, 0.15) is 0 Å². The van der Waals surface area contributed by atoms with E-state index in [0.29, 0.717) is 17.2 Å². The molecule has 2 saturated carbocycles. The normalized spacial score (nSPS) is 36.3. The molecule has 114 valence electrons. The van der Waals surface area contributed by atoms with Crippen LogP contribution in [0.3, 0.4) is 0 Å². The largest absolute Gasteiger partial charge is 0.377 e. The minimum Gasteiger partial charge on any atom is -0.377 e. The third kappa shape index (κ3) is 2.32. The number of rotatable bonds is 2. The van der Waals surface area contributed by atoms with Gasteiger partial charge in [-0.15, -0.1) is 0 Å². The maximum Gasteiger partial charge on any atom is 0.0703 e. The lowest BCUT2D eigenvalue weighted by atomic mass is 9.84. The molecule has 0 amide bonds. The predicted octanol–water partition coefficient (Wildman–Crippen LogP) is 2.70. The Morgan fingerprint density at radius 2 is 1.75 bits per heavy atom. The quantitative estimate of drug-likeness (QED) is 0.840. The van der Waals surface area contributed by atoms with Gasteiger partial charge in [0.15, 0.2) is 0 Å². The van der Waals surface area contributed by atoms with Crippen LogP contribution in [-0.2, 0) is 4.74 Å². The first kappa shape index (κ1) is 13.5. The summed E-state index contributed by atoms with van der Waals surface area (Å²) in [7, 11) is 0. The number of piperazine rings is 1. The van der Waals surface area contributed by atoms with E-state index >= 15 is 0 Å². The van der Waals surface area contributed by atoms with E-state index in [-0.39, 0.29) is 0 Å². The highest BCUT2D eigenvalue weighted by molar-refractivity contribution is 5.09. The molecular weight excluding hydrogens is 248 g/mol. The molecule has 2 aliphatic heterocycles. The fourth-order valence-electron chi connectivity index (χ4n) is 5.26. The van der Waals surface area contributed by atoms with Crippen molar-refractivity contribution < 1.29 is 4.74 Å². The summed E-state index contributed by atoms with van der Waals surface area (Å²) in [5.41, 5.74) is 0.923. The second-order valence-corrected chi connectivity index (χ2v) is 7.79. The zero-order chi connectivity index (χ0) is 13.5. The second-order valence-electron chi connectivity index (χ2n) is 7.79. The molecule has 3 heteroatoms. The van der Waals surface area contributed by atoms with Crippen molar-refractivity contribution in [2.24, 2.45) is 0 Å². The minimum atomic E-state index is 0.451. The highest BCUT2D eigenvalue weighted by atomic mass is 16.5. The molecule has 0 aromatic rings. The first-order valence-corrected chi connectivity index (χ1v) is 8.92. The van der Waals surface area contributed by atoms with E-state index in [2.05, 4.69) is 10.2 Å². The highest BCUT2D eigenvalue weighted by Gasteiger charge is 2.49. The lowest BCUT2D eigenvalue weighted by molar-refractivity contribution is -0.0267. The smallest absolute Gasteiger partial charge is 0.0703 e. The molecular formula is C17H30N2O. The van der Waals surface area contributed by atoms with Crippen LogP contribution >= 0.6 is 0 Å². The van der Waals surface area contributed by atoms with Gasteiger partial charge in [0.05, 0.1) is 6.10 Å². The van der Waals surface area contributed by atoms with Gasteiger partial charge in [-0.05, 0) is 38.5 Å². The Hall–Kier alpha value is -0.120. The van der Waals surface area contributed by atoms with Crippen LogP contribution in [0.15, 0.2) is 0 Å². The van der Waals surface area contributed by atoms with E-state index in [1.165, 1.54) is 83.8 Å². The van der Waals surface area contributed by atoms with E-state index in [1.807, 2.05) is 0 Å². The van der Waals surface area contributed by atoms with Crippen molar-refractivity contribution >= 4 is 0 Å². The van der Waals surface area contributed by atoms with Crippen molar-refractivity contribution in [3.8, 4) is 0 Å². The Morgan fingerprint density at radius 3 is 2.45 bits per heavy atom. The summed E-state index contributed by atoms with van der Waals surface area (Å²) in [5, 5.41) is 4.00. The molecule has 2 spiro atoms.